The lowest BCUT2D eigenvalue weighted by atomic mass is 10.1. The van der Waals surface area contributed by atoms with E-state index in [4.69, 9.17) is 10.5 Å². The number of anilines is 1. The third kappa shape index (κ3) is 2.44. The second-order valence-electron chi connectivity index (χ2n) is 4.45. The van der Waals surface area contributed by atoms with Crippen molar-refractivity contribution >= 4 is 23.4 Å². The molecule has 0 fully saturated rings. The Morgan fingerprint density at radius 2 is 2.05 bits per heavy atom. The number of hydrogen-bond donors (Lipinski definition) is 1. The van der Waals surface area contributed by atoms with Gasteiger partial charge in [0, 0.05) is 11.1 Å². The predicted octanol–water partition coefficient (Wildman–Crippen LogP) is 1.88. The highest BCUT2D eigenvalue weighted by Crippen LogP contribution is 2.25. The molecule has 0 atom stereocenters. The van der Waals surface area contributed by atoms with E-state index in [0.717, 1.165) is 6.29 Å². The van der Waals surface area contributed by atoms with Crippen molar-refractivity contribution < 1.29 is 9.53 Å². The van der Waals surface area contributed by atoms with Crippen LogP contribution < -0.4 is 10.5 Å². The zero-order valence-corrected chi connectivity index (χ0v) is 11.9. The monoisotopic (exact) mass is 295 g/mol. The minimum Gasteiger partial charge on any atom is -0.476 e. The maximum absolute atomic E-state index is 11.2. The summed E-state index contributed by atoms with van der Waals surface area (Å²) in [6, 6.07) is 7.14. The van der Waals surface area contributed by atoms with Crippen molar-refractivity contribution in [2.24, 2.45) is 0 Å². The molecule has 0 unspecified atom stereocenters. The van der Waals surface area contributed by atoms with Crippen LogP contribution in [-0.2, 0) is 0 Å². The van der Waals surface area contributed by atoms with Crippen LogP contribution in [0.5, 0.6) is 5.88 Å². The molecule has 0 aliphatic heterocycles. The fraction of sp³-hybridized carbons (Fsp3) is 0.133. The van der Waals surface area contributed by atoms with Gasteiger partial charge in [-0.25, -0.2) is 9.97 Å². The summed E-state index contributed by atoms with van der Waals surface area (Å²) in [5.41, 5.74) is 8.16. The summed E-state index contributed by atoms with van der Waals surface area (Å²) in [6.45, 7) is 2.26. The molecule has 2 heterocycles. The van der Waals surface area contributed by atoms with Crippen molar-refractivity contribution in [3.63, 3.8) is 0 Å². The molecule has 0 bridgehead atoms. The number of fused-ring (bicyclic) bond motifs is 1. The van der Waals surface area contributed by atoms with Crippen LogP contribution in [0.3, 0.4) is 0 Å². The third-order valence-corrected chi connectivity index (χ3v) is 3.04. The molecule has 0 saturated carbocycles. The molecule has 0 amide bonds. The molecule has 3 aromatic rings. The molecule has 7 heteroatoms. The Kier molecular flexibility index (Phi) is 3.61. The maximum Gasteiger partial charge on any atom is 0.247 e. The molecule has 0 aliphatic rings. The summed E-state index contributed by atoms with van der Waals surface area (Å²) in [6.07, 6.45) is 2.33. The minimum atomic E-state index is 0.0753. The van der Waals surface area contributed by atoms with Crippen molar-refractivity contribution in [2.45, 2.75) is 6.92 Å². The zero-order valence-electron chi connectivity index (χ0n) is 11.9. The van der Waals surface area contributed by atoms with E-state index in [1.807, 2.05) is 13.0 Å². The van der Waals surface area contributed by atoms with E-state index in [1.54, 1.807) is 24.4 Å². The quantitative estimate of drug-likeness (QED) is 0.733. The number of nitrogens with zero attached hydrogens (tertiary/aromatic N) is 4. The molecule has 110 valence electrons. The number of nitrogen functional groups attached to an aromatic ring is 1. The number of benzene rings is 1. The second-order valence-corrected chi connectivity index (χ2v) is 4.45. The van der Waals surface area contributed by atoms with Gasteiger partial charge in [0.15, 0.2) is 17.5 Å². The molecule has 22 heavy (non-hydrogen) atoms. The lowest BCUT2D eigenvalue weighted by Crippen LogP contribution is -2.04. The number of hydrogen-bond acceptors (Lipinski definition) is 7. The van der Waals surface area contributed by atoms with Crippen LogP contribution in [0.2, 0.25) is 0 Å². The zero-order chi connectivity index (χ0) is 15.5. The largest absolute Gasteiger partial charge is 0.476 e. The van der Waals surface area contributed by atoms with Crippen LogP contribution in [0.1, 0.15) is 17.3 Å². The van der Waals surface area contributed by atoms with E-state index >= 15 is 0 Å². The van der Waals surface area contributed by atoms with Gasteiger partial charge in [0.05, 0.1) is 18.5 Å². The average molecular weight is 295 g/mol. The van der Waals surface area contributed by atoms with Gasteiger partial charge in [0.25, 0.3) is 0 Å². The number of rotatable bonds is 4. The van der Waals surface area contributed by atoms with E-state index in [0.29, 0.717) is 34.6 Å². The summed E-state index contributed by atoms with van der Waals surface area (Å²) in [5, 5.41) is 0. The van der Waals surface area contributed by atoms with E-state index in [1.165, 1.54) is 0 Å². The number of carbonyl (C=O) groups excluding carboxylic acids is 1. The average Bonchev–Trinajstić information content (AvgIpc) is 2.54. The molecular formula is C15H13N5O2. The maximum atomic E-state index is 11.2. The normalized spacial score (nSPS) is 10.6. The van der Waals surface area contributed by atoms with Crippen LogP contribution in [0.15, 0.2) is 30.5 Å². The van der Waals surface area contributed by atoms with E-state index in [9.17, 15) is 4.79 Å². The van der Waals surface area contributed by atoms with Crippen LogP contribution in [-0.4, -0.2) is 32.8 Å². The summed E-state index contributed by atoms with van der Waals surface area (Å²) in [7, 11) is 0. The van der Waals surface area contributed by atoms with Gasteiger partial charge in [-0.1, -0.05) is 24.3 Å². The summed E-state index contributed by atoms with van der Waals surface area (Å²) >= 11 is 0. The van der Waals surface area contributed by atoms with Gasteiger partial charge < -0.3 is 10.5 Å². The summed E-state index contributed by atoms with van der Waals surface area (Å²) in [4.78, 5) is 28.0. The second kappa shape index (κ2) is 5.72. The van der Waals surface area contributed by atoms with Crippen molar-refractivity contribution in [3.05, 3.63) is 36.0 Å². The first kappa shape index (κ1) is 13.9. The number of aldehydes is 1. The Hall–Kier alpha value is -3.09. The molecule has 1 aromatic carbocycles. The lowest BCUT2D eigenvalue weighted by molar-refractivity contribution is 0.112. The van der Waals surface area contributed by atoms with Crippen molar-refractivity contribution in [1.82, 2.24) is 19.9 Å². The van der Waals surface area contributed by atoms with Gasteiger partial charge in [-0.05, 0) is 6.92 Å². The Labute approximate surface area is 126 Å². The molecule has 0 radical (unpaired) electrons. The van der Waals surface area contributed by atoms with E-state index < -0.39 is 0 Å². The Morgan fingerprint density at radius 3 is 2.82 bits per heavy atom. The van der Waals surface area contributed by atoms with E-state index in [-0.39, 0.29) is 11.8 Å². The fourth-order valence-electron chi connectivity index (χ4n) is 2.10. The topological polar surface area (TPSA) is 104 Å². The summed E-state index contributed by atoms with van der Waals surface area (Å²) < 4.78 is 5.44. The highest BCUT2D eigenvalue weighted by atomic mass is 16.5. The lowest BCUT2D eigenvalue weighted by Gasteiger charge is -2.08. The first-order valence-corrected chi connectivity index (χ1v) is 6.70. The molecule has 0 aliphatic carbocycles. The molecule has 3 rings (SSSR count). The Bertz CT molecular complexity index is 850. The first-order valence-electron chi connectivity index (χ1n) is 6.70. The highest BCUT2D eigenvalue weighted by molar-refractivity contribution is 5.88. The molecule has 0 saturated heterocycles. The highest BCUT2D eigenvalue weighted by Gasteiger charge is 2.13. The first-order chi connectivity index (χ1) is 10.7. The van der Waals surface area contributed by atoms with Gasteiger partial charge >= 0.3 is 0 Å². The van der Waals surface area contributed by atoms with Crippen molar-refractivity contribution in [3.8, 4) is 17.1 Å². The van der Waals surface area contributed by atoms with Gasteiger partial charge in [-0.3, -0.25) is 4.79 Å². The Balaban J connectivity index is 2.22. The SMILES string of the molecule is CCOc1nc(N)nc2ncc(-c3ccccc3C=O)nc12. The number of ether oxygens (including phenoxy) is 1. The fourth-order valence-corrected chi connectivity index (χ4v) is 2.10. The molecule has 2 aromatic heterocycles. The molecule has 2 N–H and O–H groups in total. The van der Waals surface area contributed by atoms with E-state index in [2.05, 4.69) is 19.9 Å². The van der Waals surface area contributed by atoms with Gasteiger partial charge in [-0.15, -0.1) is 0 Å². The van der Waals surface area contributed by atoms with Crippen molar-refractivity contribution in [1.29, 1.82) is 0 Å². The van der Waals surface area contributed by atoms with Crippen LogP contribution in [0, 0.1) is 0 Å². The van der Waals surface area contributed by atoms with Crippen LogP contribution in [0.4, 0.5) is 5.95 Å². The smallest absolute Gasteiger partial charge is 0.247 e. The number of carbonyl (C=O) groups is 1. The van der Waals surface area contributed by atoms with Gasteiger partial charge in [-0.2, -0.15) is 9.97 Å². The minimum absolute atomic E-state index is 0.0753. The Morgan fingerprint density at radius 1 is 1.23 bits per heavy atom. The van der Waals surface area contributed by atoms with Crippen LogP contribution in [0.25, 0.3) is 22.4 Å². The molecular weight excluding hydrogens is 282 g/mol. The van der Waals surface area contributed by atoms with Gasteiger partial charge in [0.2, 0.25) is 11.8 Å². The standard InChI is InChI=1S/C15H13N5O2/c1-2-22-14-12-13(19-15(16)20-14)17-7-11(18-12)10-6-4-3-5-9(10)8-21/h3-8H,2H2,1H3,(H2,16,17,19,20). The number of aromatic nitrogens is 4. The summed E-state index contributed by atoms with van der Waals surface area (Å²) in [5.74, 6) is 0.356. The molecule has 7 nitrogen and oxygen atoms in total. The van der Waals surface area contributed by atoms with Crippen molar-refractivity contribution in [2.75, 3.05) is 12.3 Å². The number of nitrogens with two attached hydrogens (primary N) is 1. The predicted molar refractivity (Wildman–Crippen MR) is 81.5 cm³/mol. The van der Waals surface area contributed by atoms with Crippen LogP contribution >= 0.6 is 0 Å². The third-order valence-electron chi connectivity index (χ3n) is 3.04. The molecule has 0 spiro atoms. The van der Waals surface area contributed by atoms with Gasteiger partial charge in [0.1, 0.15) is 0 Å².